The molecule has 23 heavy (non-hydrogen) atoms. The van der Waals surface area contributed by atoms with E-state index >= 15 is 0 Å². The number of halogens is 1. The van der Waals surface area contributed by atoms with Gasteiger partial charge in [0.2, 0.25) is 11.8 Å². The molecule has 0 radical (unpaired) electrons. The van der Waals surface area contributed by atoms with Crippen molar-refractivity contribution in [3.63, 3.8) is 0 Å². The molecule has 2 N–H and O–H groups in total. The van der Waals surface area contributed by atoms with E-state index in [4.69, 9.17) is 4.74 Å². The SMILES string of the molecule is COc1ccc(NC(=O)CNC(=O)Cc2cccc(Br)c2)cc1. The van der Waals surface area contributed by atoms with E-state index in [0.717, 1.165) is 10.0 Å². The average molecular weight is 377 g/mol. The van der Waals surface area contributed by atoms with Gasteiger partial charge in [0.15, 0.2) is 0 Å². The maximum Gasteiger partial charge on any atom is 0.243 e. The predicted molar refractivity (Wildman–Crippen MR) is 92.5 cm³/mol. The number of hydrogen-bond donors (Lipinski definition) is 2. The van der Waals surface area contributed by atoms with Gasteiger partial charge >= 0.3 is 0 Å². The number of ether oxygens (including phenoxy) is 1. The molecule has 0 fully saturated rings. The van der Waals surface area contributed by atoms with Gasteiger partial charge in [-0.15, -0.1) is 0 Å². The summed E-state index contributed by atoms with van der Waals surface area (Å²) in [4.78, 5) is 23.7. The molecule has 6 heteroatoms. The van der Waals surface area contributed by atoms with Crippen molar-refractivity contribution in [2.75, 3.05) is 19.0 Å². The van der Waals surface area contributed by atoms with E-state index in [9.17, 15) is 9.59 Å². The van der Waals surface area contributed by atoms with Crippen molar-refractivity contribution in [2.45, 2.75) is 6.42 Å². The van der Waals surface area contributed by atoms with Crippen LogP contribution in [0.4, 0.5) is 5.69 Å². The first-order valence-corrected chi connectivity index (χ1v) is 7.81. The largest absolute Gasteiger partial charge is 0.497 e. The second-order valence-electron chi connectivity index (χ2n) is 4.86. The number of benzene rings is 2. The molecule has 0 saturated carbocycles. The van der Waals surface area contributed by atoms with Crippen LogP contribution >= 0.6 is 15.9 Å². The van der Waals surface area contributed by atoms with E-state index < -0.39 is 0 Å². The Balaban J connectivity index is 1.78. The smallest absolute Gasteiger partial charge is 0.243 e. The van der Waals surface area contributed by atoms with E-state index in [1.54, 1.807) is 31.4 Å². The van der Waals surface area contributed by atoms with Crippen molar-refractivity contribution in [1.82, 2.24) is 5.32 Å². The number of hydrogen-bond acceptors (Lipinski definition) is 3. The molecule has 2 rings (SSSR count). The second-order valence-corrected chi connectivity index (χ2v) is 5.78. The number of rotatable bonds is 6. The molecule has 0 aromatic heterocycles. The number of methoxy groups -OCH3 is 1. The first-order chi connectivity index (χ1) is 11.1. The van der Waals surface area contributed by atoms with Crippen LogP contribution in [0, 0.1) is 0 Å². The normalized spacial score (nSPS) is 10.0. The fourth-order valence-electron chi connectivity index (χ4n) is 1.95. The maximum atomic E-state index is 11.8. The molecular formula is C17H17BrN2O3. The molecular weight excluding hydrogens is 360 g/mol. The molecule has 0 spiro atoms. The Hall–Kier alpha value is -2.34. The third kappa shape index (κ3) is 5.75. The zero-order valence-corrected chi connectivity index (χ0v) is 14.2. The average Bonchev–Trinajstić information content (AvgIpc) is 2.54. The van der Waals surface area contributed by atoms with Crippen molar-refractivity contribution >= 4 is 33.4 Å². The van der Waals surface area contributed by atoms with Crippen molar-refractivity contribution in [3.05, 3.63) is 58.6 Å². The summed E-state index contributed by atoms with van der Waals surface area (Å²) in [6.07, 6.45) is 0.231. The van der Waals surface area contributed by atoms with Gasteiger partial charge in [-0.05, 0) is 42.0 Å². The molecule has 120 valence electrons. The fraction of sp³-hybridized carbons (Fsp3) is 0.176. The van der Waals surface area contributed by atoms with Gasteiger partial charge in [0.25, 0.3) is 0 Å². The van der Waals surface area contributed by atoms with Crippen molar-refractivity contribution < 1.29 is 14.3 Å². The predicted octanol–water partition coefficient (Wildman–Crippen LogP) is 2.76. The zero-order chi connectivity index (χ0) is 16.7. The van der Waals surface area contributed by atoms with Gasteiger partial charge in [-0.3, -0.25) is 9.59 Å². The van der Waals surface area contributed by atoms with Gasteiger partial charge in [-0.25, -0.2) is 0 Å². The molecule has 2 aromatic rings. The summed E-state index contributed by atoms with van der Waals surface area (Å²) in [7, 11) is 1.58. The van der Waals surface area contributed by atoms with Crippen molar-refractivity contribution in [3.8, 4) is 5.75 Å². The number of amides is 2. The first-order valence-electron chi connectivity index (χ1n) is 7.02. The van der Waals surface area contributed by atoms with Crippen LogP contribution in [-0.4, -0.2) is 25.5 Å². The van der Waals surface area contributed by atoms with E-state index in [-0.39, 0.29) is 24.8 Å². The van der Waals surface area contributed by atoms with Crippen molar-refractivity contribution in [2.24, 2.45) is 0 Å². The summed E-state index contributed by atoms with van der Waals surface area (Å²) in [5, 5.41) is 5.31. The maximum absolute atomic E-state index is 11.8. The molecule has 0 saturated heterocycles. The Labute approximate surface area is 143 Å². The second kappa shape index (κ2) is 8.33. The number of carbonyl (C=O) groups excluding carboxylic acids is 2. The minimum absolute atomic E-state index is 0.0706. The van der Waals surface area contributed by atoms with Crippen LogP contribution < -0.4 is 15.4 Å². The minimum atomic E-state index is -0.280. The molecule has 0 atom stereocenters. The number of anilines is 1. The Morgan fingerprint density at radius 1 is 1.09 bits per heavy atom. The molecule has 2 aromatic carbocycles. The van der Waals surface area contributed by atoms with Gasteiger partial charge in [-0.1, -0.05) is 28.1 Å². The van der Waals surface area contributed by atoms with Gasteiger partial charge < -0.3 is 15.4 Å². The molecule has 0 bridgehead atoms. The van der Waals surface area contributed by atoms with Gasteiger partial charge in [0.1, 0.15) is 5.75 Å². The molecule has 0 unspecified atom stereocenters. The summed E-state index contributed by atoms with van der Waals surface area (Å²) in [6.45, 7) is -0.0706. The van der Waals surface area contributed by atoms with Crippen LogP contribution in [-0.2, 0) is 16.0 Å². The monoisotopic (exact) mass is 376 g/mol. The summed E-state index contributed by atoms with van der Waals surface area (Å²) in [6, 6.07) is 14.5. The highest BCUT2D eigenvalue weighted by Crippen LogP contribution is 2.14. The summed E-state index contributed by atoms with van der Waals surface area (Å²) < 4.78 is 5.96. The summed E-state index contributed by atoms with van der Waals surface area (Å²) in [5.74, 6) is 0.232. The summed E-state index contributed by atoms with van der Waals surface area (Å²) >= 11 is 3.36. The fourth-order valence-corrected chi connectivity index (χ4v) is 2.40. The number of carbonyl (C=O) groups is 2. The quantitative estimate of drug-likeness (QED) is 0.814. The van der Waals surface area contributed by atoms with Gasteiger partial charge in [0.05, 0.1) is 20.1 Å². The lowest BCUT2D eigenvalue weighted by atomic mass is 10.1. The van der Waals surface area contributed by atoms with Crippen LogP contribution in [0.15, 0.2) is 53.0 Å². The van der Waals surface area contributed by atoms with Crippen LogP contribution in [0.25, 0.3) is 0 Å². The van der Waals surface area contributed by atoms with E-state index in [0.29, 0.717) is 11.4 Å². The Kier molecular flexibility index (Phi) is 6.17. The zero-order valence-electron chi connectivity index (χ0n) is 12.6. The molecule has 0 aliphatic carbocycles. The highest BCUT2D eigenvalue weighted by Gasteiger charge is 2.07. The molecule has 0 heterocycles. The van der Waals surface area contributed by atoms with Gasteiger partial charge in [0, 0.05) is 10.2 Å². The highest BCUT2D eigenvalue weighted by atomic mass is 79.9. The van der Waals surface area contributed by atoms with Crippen molar-refractivity contribution in [1.29, 1.82) is 0 Å². The van der Waals surface area contributed by atoms with Crippen LogP contribution in [0.3, 0.4) is 0 Å². The molecule has 5 nitrogen and oxygen atoms in total. The lowest BCUT2D eigenvalue weighted by Crippen LogP contribution is -2.33. The lowest BCUT2D eigenvalue weighted by Gasteiger charge is -2.08. The summed E-state index contributed by atoms with van der Waals surface area (Å²) in [5.41, 5.74) is 1.53. The standard InChI is InChI=1S/C17H17BrN2O3/c1-23-15-7-5-14(6-8-15)20-17(22)11-19-16(21)10-12-3-2-4-13(18)9-12/h2-9H,10-11H2,1H3,(H,19,21)(H,20,22). The Morgan fingerprint density at radius 2 is 1.83 bits per heavy atom. The molecule has 2 amide bonds. The lowest BCUT2D eigenvalue weighted by molar-refractivity contribution is -0.123. The van der Waals surface area contributed by atoms with E-state index in [1.165, 1.54) is 0 Å². The third-order valence-corrected chi connectivity index (χ3v) is 3.57. The highest BCUT2D eigenvalue weighted by molar-refractivity contribution is 9.10. The number of nitrogens with one attached hydrogen (secondary N) is 2. The Morgan fingerprint density at radius 3 is 2.48 bits per heavy atom. The van der Waals surface area contributed by atoms with Crippen LogP contribution in [0.2, 0.25) is 0 Å². The topological polar surface area (TPSA) is 67.4 Å². The van der Waals surface area contributed by atoms with Crippen LogP contribution in [0.5, 0.6) is 5.75 Å². The van der Waals surface area contributed by atoms with Crippen LogP contribution in [0.1, 0.15) is 5.56 Å². The third-order valence-electron chi connectivity index (χ3n) is 3.07. The van der Waals surface area contributed by atoms with E-state index in [1.807, 2.05) is 24.3 Å². The van der Waals surface area contributed by atoms with E-state index in [2.05, 4.69) is 26.6 Å². The Bertz CT molecular complexity index is 686. The first kappa shape index (κ1) is 17.0. The van der Waals surface area contributed by atoms with Gasteiger partial charge in [-0.2, -0.15) is 0 Å². The minimum Gasteiger partial charge on any atom is -0.497 e. The molecule has 0 aliphatic heterocycles. The molecule has 0 aliphatic rings.